The second kappa shape index (κ2) is 3.71. The monoisotopic (exact) mass is 257 g/mol. The Morgan fingerprint density at radius 2 is 1.72 bits per heavy atom. The van der Waals surface area contributed by atoms with Gasteiger partial charge in [-0.15, -0.1) is 0 Å². The van der Waals surface area contributed by atoms with Crippen molar-refractivity contribution in [3.8, 4) is 0 Å². The number of aromatic amines is 1. The first-order chi connectivity index (χ1) is 8.13. The minimum Gasteiger partial charge on any atom is -0.340 e. The maximum atomic E-state index is 12.8. The minimum atomic E-state index is -4.55. The fraction of sp³-hybridized carbons (Fsp3) is 0.417. The summed E-state index contributed by atoms with van der Waals surface area (Å²) in [6.45, 7) is 4.68. The van der Waals surface area contributed by atoms with Crippen molar-refractivity contribution in [3.63, 3.8) is 0 Å². The van der Waals surface area contributed by atoms with Gasteiger partial charge in [0.1, 0.15) is 5.82 Å². The molecule has 0 bridgehead atoms. The molecule has 1 aromatic carbocycles. The SMILES string of the molecule is Cc1cc2nc(C(C)(N)C(F)(F)F)[nH]c2cc1C. The number of alkyl halides is 3. The van der Waals surface area contributed by atoms with Crippen LogP contribution in [0.25, 0.3) is 11.0 Å². The lowest BCUT2D eigenvalue weighted by Gasteiger charge is -2.24. The lowest BCUT2D eigenvalue weighted by molar-refractivity contribution is -0.186. The number of aromatic nitrogens is 2. The van der Waals surface area contributed by atoms with Gasteiger partial charge in [-0.3, -0.25) is 0 Å². The zero-order valence-corrected chi connectivity index (χ0v) is 10.3. The third-order valence-corrected chi connectivity index (χ3v) is 3.18. The fourth-order valence-corrected chi connectivity index (χ4v) is 1.65. The number of H-pyrrole nitrogens is 1. The van der Waals surface area contributed by atoms with Crippen LogP contribution in [0.15, 0.2) is 12.1 Å². The Hall–Kier alpha value is -1.56. The molecule has 0 saturated carbocycles. The molecule has 0 saturated heterocycles. The second-order valence-corrected chi connectivity index (χ2v) is 4.74. The summed E-state index contributed by atoms with van der Waals surface area (Å²) >= 11 is 0. The summed E-state index contributed by atoms with van der Waals surface area (Å²) in [6.07, 6.45) is -4.55. The van der Waals surface area contributed by atoms with Crippen LogP contribution < -0.4 is 5.73 Å². The highest BCUT2D eigenvalue weighted by Gasteiger charge is 2.51. The highest BCUT2D eigenvalue weighted by molar-refractivity contribution is 5.77. The van der Waals surface area contributed by atoms with E-state index in [1.54, 1.807) is 12.1 Å². The Bertz CT molecular complexity index is 557. The summed E-state index contributed by atoms with van der Waals surface area (Å²) in [7, 11) is 0. The van der Waals surface area contributed by atoms with E-state index in [0.717, 1.165) is 18.1 Å². The molecule has 0 radical (unpaired) electrons. The normalized spacial score (nSPS) is 15.9. The Balaban J connectivity index is 2.61. The van der Waals surface area contributed by atoms with E-state index in [0.29, 0.717) is 11.0 Å². The Morgan fingerprint density at radius 1 is 1.17 bits per heavy atom. The van der Waals surface area contributed by atoms with Gasteiger partial charge in [0.25, 0.3) is 0 Å². The molecule has 1 unspecified atom stereocenters. The van der Waals surface area contributed by atoms with Crippen LogP contribution in [0.5, 0.6) is 0 Å². The average molecular weight is 257 g/mol. The number of fused-ring (bicyclic) bond motifs is 1. The van der Waals surface area contributed by atoms with E-state index < -0.39 is 11.7 Å². The zero-order valence-electron chi connectivity index (χ0n) is 10.3. The van der Waals surface area contributed by atoms with Gasteiger partial charge in [-0.2, -0.15) is 13.2 Å². The molecular weight excluding hydrogens is 243 g/mol. The number of aryl methyl sites for hydroxylation is 2. The van der Waals surface area contributed by atoms with Gasteiger partial charge in [0, 0.05) is 0 Å². The standard InChI is InChI=1S/C12H14F3N3/c1-6-4-8-9(5-7(6)2)18-10(17-8)11(3,16)12(13,14)15/h4-5H,16H2,1-3H3,(H,17,18). The van der Waals surface area contributed by atoms with Gasteiger partial charge in [-0.25, -0.2) is 4.98 Å². The molecule has 0 aliphatic rings. The first-order valence-corrected chi connectivity index (χ1v) is 5.46. The summed E-state index contributed by atoms with van der Waals surface area (Å²) in [5, 5.41) is 0. The Labute approximate surface area is 102 Å². The predicted molar refractivity (Wildman–Crippen MR) is 63.2 cm³/mol. The van der Waals surface area contributed by atoms with Crippen LogP contribution >= 0.6 is 0 Å². The molecular formula is C12H14F3N3. The number of imidazole rings is 1. The van der Waals surface area contributed by atoms with E-state index in [1.807, 2.05) is 13.8 Å². The maximum Gasteiger partial charge on any atom is 0.413 e. The summed E-state index contributed by atoms with van der Waals surface area (Å²) in [5.41, 5.74) is 5.88. The zero-order chi connectivity index (χ0) is 13.7. The molecule has 1 heterocycles. The molecule has 6 heteroatoms. The molecule has 0 aliphatic heterocycles. The van der Waals surface area contributed by atoms with Crippen molar-refractivity contribution in [3.05, 3.63) is 29.1 Å². The van der Waals surface area contributed by atoms with Crippen molar-refractivity contribution in [2.75, 3.05) is 0 Å². The molecule has 3 N–H and O–H groups in total. The van der Waals surface area contributed by atoms with Gasteiger partial charge in [0.2, 0.25) is 0 Å². The van der Waals surface area contributed by atoms with Crippen molar-refractivity contribution in [1.29, 1.82) is 0 Å². The average Bonchev–Trinajstić information content (AvgIpc) is 2.60. The second-order valence-electron chi connectivity index (χ2n) is 4.74. The van der Waals surface area contributed by atoms with E-state index >= 15 is 0 Å². The van der Waals surface area contributed by atoms with Gasteiger partial charge in [0.05, 0.1) is 11.0 Å². The van der Waals surface area contributed by atoms with Crippen molar-refractivity contribution in [2.24, 2.45) is 5.73 Å². The highest BCUT2D eigenvalue weighted by Crippen LogP contribution is 2.35. The van der Waals surface area contributed by atoms with E-state index in [-0.39, 0.29) is 5.82 Å². The van der Waals surface area contributed by atoms with Crippen molar-refractivity contribution < 1.29 is 13.2 Å². The van der Waals surface area contributed by atoms with Gasteiger partial charge < -0.3 is 10.7 Å². The Kier molecular flexibility index (Phi) is 2.66. The quantitative estimate of drug-likeness (QED) is 0.825. The molecule has 0 fully saturated rings. The van der Waals surface area contributed by atoms with Crippen LogP contribution in [0.4, 0.5) is 13.2 Å². The van der Waals surface area contributed by atoms with E-state index in [9.17, 15) is 13.2 Å². The summed E-state index contributed by atoms with van der Waals surface area (Å²) in [4.78, 5) is 6.61. The Morgan fingerprint density at radius 3 is 2.28 bits per heavy atom. The number of nitrogens with one attached hydrogen (secondary N) is 1. The largest absolute Gasteiger partial charge is 0.413 e. The van der Waals surface area contributed by atoms with E-state index in [2.05, 4.69) is 9.97 Å². The molecule has 1 atom stereocenters. The van der Waals surface area contributed by atoms with Crippen LogP contribution in [0, 0.1) is 13.8 Å². The molecule has 0 amide bonds. The summed E-state index contributed by atoms with van der Waals surface area (Å²) in [5.74, 6) is -0.269. The van der Waals surface area contributed by atoms with Crippen molar-refractivity contribution >= 4 is 11.0 Å². The number of hydrogen-bond acceptors (Lipinski definition) is 2. The van der Waals surface area contributed by atoms with Crippen LogP contribution in [0.3, 0.4) is 0 Å². The van der Waals surface area contributed by atoms with Crippen molar-refractivity contribution in [2.45, 2.75) is 32.5 Å². The molecule has 18 heavy (non-hydrogen) atoms. The molecule has 3 nitrogen and oxygen atoms in total. The number of nitrogens with two attached hydrogens (primary N) is 1. The highest BCUT2D eigenvalue weighted by atomic mass is 19.4. The fourth-order valence-electron chi connectivity index (χ4n) is 1.65. The smallest absolute Gasteiger partial charge is 0.340 e. The maximum absolute atomic E-state index is 12.8. The number of halogens is 3. The number of hydrogen-bond donors (Lipinski definition) is 2. The van der Waals surface area contributed by atoms with Crippen LogP contribution in [-0.4, -0.2) is 16.1 Å². The first kappa shape index (κ1) is 12.9. The van der Waals surface area contributed by atoms with Crippen molar-refractivity contribution in [1.82, 2.24) is 9.97 Å². The lowest BCUT2D eigenvalue weighted by atomic mass is 10.0. The van der Waals surface area contributed by atoms with Gasteiger partial charge in [-0.05, 0) is 44.0 Å². The van der Waals surface area contributed by atoms with E-state index in [4.69, 9.17) is 5.73 Å². The van der Waals surface area contributed by atoms with Gasteiger partial charge >= 0.3 is 6.18 Å². The molecule has 0 spiro atoms. The molecule has 98 valence electrons. The van der Waals surface area contributed by atoms with Gasteiger partial charge in [0.15, 0.2) is 5.54 Å². The summed E-state index contributed by atoms with van der Waals surface area (Å²) in [6, 6.07) is 3.52. The van der Waals surface area contributed by atoms with Crippen LogP contribution in [-0.2, 0) is 5.54 Å². The van der Waals surface area contributed by atoms with E-state index in [1.165, 1.54) is 0 Å². The van der Waals surface area contributed by atoms with Gasteiger partial charge in [-0.1, -0.05) is 0 Å². The predicted octanol–water partition coefficient (Wildman–Crippen LogP) is 2.92. The van der Waals surface area contributed by atoms with Crippen LogP contribution in [0.2, 0.25) is 0 Å². The number of benzene rings is 1. The third kappa shape index (κ3) is 1.86. The molecule has 0 aliphatic carbocycles. The molecule has 2 rings (SSSR count). The lowest BCUT2D eigenvalue weighted by Crippen LogP contribution is -2.48. The summed E-state index contributed by atoms with van der Waals surface area (Å²) < 4.78 is 38.5. The van der Waals surface area contributed by atoms with Crippen LogP contribution in [0.1, 0.15) is 23.9 Å². The number of rotatable bonds is 1. The molecule has 1 aromatic heterocycles. The first-order valence-electron chi connectivity index (χ1n) is 5.46. The minimum absolute atomic E-state index is 0.269. The topological polar surface area (TPSA) is 54.7 Å². The number of nitrogens with zero attached hydrogens (tertiary/aromatic N) is 1. The molecule has 2 aromatic rings. The third-order valence-electron chi connectivity index (χ3n) is 3.18.